The molecule has 1 heterocycles. The van der Waals surface area contributed by atoms with Crippen LogP contribution in [0.3, 0.4) is 0 Å². The maximum Gasteiger partial charge on any atom is 0.231 e. The highest BCUT2D eigenvalue weighted by Gasteiger charge is 2.18. The van der Waals surface area contributed by atoms with Gasteiger partial charge in [0.25, 0.3) is 0 Å². The minimum absolute atomic E-state index is 0.224. The van der Waals surface area contributed by atoms with Crippen molar-refractivity contribution in [2.24, 2.45) is 0 Å². The molecule has 3 nitrogen and oxygen atoms in total. The van der Waals surface area contributed by atoms with Crippen molar-refractivity contribution in [3.05, 3.63) is 42.5 Å². The molecule has 0 aromatic heterocycles. The van der Waals surface area contributed by atoms with Gasteiger partial charge in [-0.05, 0) is 29.8 Å². The Morgan fingerprint density at radius 3 is 3.00 bits per heavy atom. The predicted molar refractivity (Wildman–Crippen MR) is 58.5 cm³/mol. The van der Waals surface area contributed by atoms with Crippen molar-refractivity contribution in [1.29, 1.82) is 0 Å². The zero-order valence-corrected chi connectivity index (χ0v) is 8.43. The number of hydrogen-bond acceptors (Lipinski definition) is 3. The van der Waals surface area contributed by atoms with Gasteiger partial charge in [-0.1, -0.05) is 12.1 Å². The second-order valence-electron chi connectivity index (χ2n) is 3.51. The van der Waals surface area contributed by atoms with Crippen LogP contribution in [0.1, 0.15) is 0 Å². The third kappa shape index (κ3) is 1.37. The third-order valence-corrected chi connectivity index (χ3v) is 2.48. The number of fused-ring (bicyclic) bond motifs is 1. The molecule has 79 valence electrons. The van der Waals surface area contributed by atoms with Gasteiger partial charge in [-0.3, -0.25) is 0 Å². The van der Waals surface area contributed by atoms with Crippen molar-refractivity contribution in [2.45, 2.75) is 0 Å². The minimum atomic E-state index is 0.224. The number of phenols is 1. The summed E-state index contributed by atoms with van der Waals surface area (Å²) in [5, 5.41) is 9.44. The van der Waals surface area contributed by atoms with E-state index in [1.807, 2.05) is 12.1 Å². The molecule has 0 saturated carbocycles. The van der Waals surface area contributed by atoms with E-state index in [4.69, 9.17) is 9.47 Å². The molecule has 0 fully saturated rings. The Labute approximate surface area is 92.9 Å². The van der Waals surface area contributed by atoms with Crippen molar-refractivity contribution in [2.75, 3.05) is 6.79 Å². The van der Waals surface area contributed by atoms with Crippen LogP contribution in [0.4, 0.5) is 0 Å². The van der Waals surface area contributed by atoms with Gasteiger partial charge >= 0.3 is 0 Å². The topological polar surface area (TPSA) is 38.7 Å². The molecule has 3 rings (SSSR count). The summed E-state index contributed by atoms with van der Waals surface area (Å²) in [4.78, 5) is 0. The van der Waals surface area contributed by atoms with Gasteiger partial charge in [-0.2, -0.15) is 0 Å². The van der Waals surface area contributed by atoms with Crippen LogP contribution < -0.4 is 9.47 Å². The summed E-state index contributed by atoms with van der Waals surface area (Å²) < 4.78 is 10.6. The van der Waals surface area contributed by atoms with Crippen LogP contribution >= 0.6 is 0 Å². The Balaban J connectivity index is 2.17. The summed E-state index contributed by atoms with van der Waals surface area (Å²) in [5.74, 6) is 1.55. The molecule has 2 aromatic carbocycles. The van der Waals surface area contributed by atoms with E-state index >= 15 is 0 Å². The molecule has 1 radical (unpaired) electrons. The number of phenolic OH excluding ortho intramolecular Hbond substituents is 1. The quantitative estimate of drug-likeness (QED) is 0.791. The van der Waals surface area contributed by atoms with Crippen LogP contribution in [-0.4, -0.2) is 11.9 Å². The Hall–Kier alpha value is -2.16. The van der Waals surface area contributed by atoms with Crippen molar-refractivity contribution >= 4 is 0 Å². The van der Waals surface area contributed by atoms with Gasteiger partial charge in [0.15, 0.2) is 11.5 Å². The zero-order chi connectivity index (χ0) is 11.0. The van der Waals surface area contributed by atoms with Crippen LogP contribution in [0.5, 0.6) is 17.2 Å². The molecular formula is C13H9O3. The first-order valence-electron chi connectivity index (χ1n) is 4.94. The van der Waals surface area contributed by atoms with Gasteiger partial charge < -0.3 is 14.6 Å². The predicted octanol–water partition coefficient (Wildman–Crippen LogP) is 2.59. The zero-order valence-electron chi connectivity index (χ0n) is 8.43. The summed E-state index contributed by atoms with van der Waals surface area (Å²) in [7, 11) is 0. The molecular weight excluding hydrogens is 204 g/mol. The lowest BCUT2D eigenvalue weighted by Crippen LogP contribution is -1.93. The first-order chi connectivity index (χ1) is 7.84. The summed E-state index contributed by atoms with van der Waals surface area (Å²) >= 11 is 0. The molecule has 2 aromatic rings. The monoisotopic (exact) mass is 213 g/mol. The summed E-state index contributed by atoms with van der Waals surface area (Å²) in [5.41, 5.74) is 1.80. The molecule has 1 N–H and O–H groups in total. The first kappa shape index (κ1) is 9.09. The van der Waals surface area contributed by atoms with Gasteiger partial charge in [0.1, 0.15) is 5.75 Å². The van der Waals surface area contributed by atoms with Crippen LogP contribution in [0, 0.1) is 6.07 Å². The first-order valence-corrected chi connectivity index (χ1v) is 4.94. The van der Waals surface area contributed by atoms with E-state index < -0.39 is 0 Å². The fraction of sp³-hybridized carbons (Fsp3) is 0.0769. The summed E-state index contributed by atoms with van der Waals surface area (Å²) in [6.45, 7) is 0.224. The normalized spacial score (nSPS) is 12.8. The molecule has 0 amide bonds. The number of benzene rings is 2. The minimum Gasteiger partial charge on any atom is -0.508 e. The van der Waals surface area contributed by atoms with Crippen LogP contribution in [-0.2, 0) is 0 Å². The Bertz CT molecular complexity index is 534. The SMILES string of the molecule is Oc1cccc(-c2cc[c]c3c2OCO3)c1. The van der Waals surface area contributed by atoms with Gasteiger partial charge in [-0.15, -0.1) is 0 Å². The lowest BCUT2D eigenvalue weighted by Gasteiger charge is -2.05. The van der Waals surface area contributed by atoms with Gasteiger partial charge in [0.05, 0.1) is 0 Å². The smallest absolute Gasteiger partial charge is 0.231 e. The molecule has 0 saturated heterocycles. The van der Waals surface area contributed by atoms with Gasteiger partial charge in [-0.25, -0.2) is 0 Å². The largest absolute Gasteiger partial charge is 0.508 e. The van der Waals surface area contributed by atoms with E-state index in [2.05, 4.69) is 6.07 Å². The van der Waals surface area contributed by atoms with Crippen LogP contribution in [0.25, 0.3) is 11.1 Å². The fourth-order valence-electron chi connectivity index (χ4n) is 1.76. The van der Waals surface area contributed by atoms with Crippen molar-refractivity contribution < 1.29 is 14.6 Å². The van der Waals surface area contributed by atoms with E-state index in [1.54, 1.807) is 24.3 Å². The standard InChI is InChI=1S/C13H9O3/c14-10-4-1-3-9(7-10)11-5-2-6-12-13(11)16-8-15-12/h1-5,7,14H,8H2. The lowest BCUT2D eigenvalue weighted by atomic mass is 10.0. The Morgan fingerprint density at radius 1 is 1.19 bits per heavy atom. The molecule has 3 heteroatoms. The van der Waals surface area contributed by atoms with E-state index in [0.29, 0.717) is 11.5 Å². The number of aromatic hydroxyl groups is 1. The number of rotatable bonds is 1. The number of ether oxygens (including phenoxy) is 2. The highest BCUT2D eigenvalue weighted by atomic mass is 16.7. The van der Waals surface area contributed by atoms with Crippen LogP contribution in [0.2, 0.25) is 0 Å². The van der Waals surface area contributed by atoms with Gasteiger partial charge in [0, 0.05) is 11.6 Å². The van der Waals surface area contributed by atoms with Crippen molar-refractivity contribution in [1.82, 2.24) is 0 Å². The Morgan fingerprint density at radius 2 is 2.12 bits per heavy atom. The second-order valence-corrected chi connectivity index (χ2v) is 3.51. The van der Waals surface area contributed by atoms with Crippen molar-refractivity contribution in [3.63, 3.8) is 0 Å². The average Bonchev–Trinajstić information content (AvgIpc) is 2.76. The average molecular weight is 213 g/mol. The molecule has 0 aliphatic carbocycles. The maximum absolute atomic E-state index is 9.44. The molecule has 0 atom stereocenters. The van der Waals surface area contributed by atoms with Crippen molar-refractivity contribution in [3.8, 4) is 28.4 Å². The number of hydrogen-bond donors (Lipinski definition) is 1. The molecule has 16 heavy (non-hydrogen) atoms. The van der Waals surface area contributed by atoms with Crippen LogP contribution in [0.15, 0.2) is 36.4 Å². The summed E-state index contributed by atoms with van der Waals surface area (Å²) in [6.07, 6.45) is 0. The molecule has 1 aliphatic heterocycles. The highest BCUT2D eigenvalue weighted by Crippen LogP contribution is 2.41. The lowest BCUT2D eigenvalue weighted by molar-refractivity contribution is 0.174. The maximum atomic E-state index is 9.44. The second kappa shape index (κ2) is 3.45. The van der Waals surface area contributed by atoms with E-state index in [1.165, 1.54) is 0 Å². The molecule has 0 spiro atoms. The molecule has 0 bridgehead atoms. The summed E-state index contributed by atoms with van der Waals surface area (Å²) in [6, 6.07) is 13.7. The fourth-order valence-corrected chi connectivity index (χ4v) is 1.76. The Kier molecular flexibility index (Phi) is 1.96. The molecule has 1 aliphatic rings. The molecule has 0 unspecified atom stereocenters. The highest BCUT2D eigenvalue weighted by molar-refractivity contribution is 5.74. The third-order valence-electron chi connectivity index (χ3n) is 2.48. The van der Waals surface area contributed by atoms with Gasteiger partial charge in [0.2, 0.25) is 6.79 Å². The van der Waals surface area contributed by atoms with E-state index in [-0.39, 0.29) is 12.5 Å². The van der Waals surface area contributed by atoms with E-state index in [9.17, 15) is 5.11 Å². The van der Waals surface area contributed by atoms with E-state index in [0.717, 1.165) is 11.1 Å².